The monoisotopic (exact) mass is 445 g/mol. The summed E-state index contributed by atoms with van der Waals surface area (Å²) < 4.78 is 29.3. The lowest BCUT2D eigenvalue weighted by molar-refractivity contribution is -0.129. The molecule has 0 radical (unpaired) electrons. The zero-order valence-corrected chi connectivity index (χ0v) is 18.5. The number of carbonyl (C=O) groups is 2. The standard InChI is InChI=1S/C21H27N5O4S/c1-15(17-6-7-17)26-20(8-9-22-26)23-21(28)18-4-3-5-19(14-18)31(29,30)25-12-10-24(11-13-25)16(2)27/h3-5,8-9,14-15,17H,6-7,10-13H2,1-2H3,(H,23,28)/t15-/m0/s1. The van der Waals surface area contributed by atoms with Gasteiger partial charge < -0.3 is 10.2 Å². The summed E-state index contributed by atoms with van der Waals surface area (Å²) in [7, 11) is -3.76. The number of aromatic nitrogens is 2. The molecule has 166 valence electrons. The fraction of sp³-hybridized carbons (Fsp3) is 0.476. The van der Waals surface area contributed by atoms with Crippen molar-refractivity contribution in [3.63, 3.8) is 0 Å². The molecule has 1 saturated carbocycles. The van der Waals surface area contributed by atoms with Gasteiger partial charge in [-0.2, -0.15) is 9.40 Å². The second-order valence-electron chi connectivity index (χ2n) is 8.13. The molecule has 10 heteroatoms. The molecule has 1 atom stereocenters. The van der Waals surface area contributed by atoms with Crippen molar-refractivity contribution >= 4 is 27.7 Å². The molecule has 9 nitrogen and oxygen atoms in total. The number of nitrogens with one attached hydrogen (secondary N) is 1. The summed E-state index contributed by atoms with van der Waals surface area (Å²) >= 11 is 0. The maximum Gasteiger partial charge on any atom is 0.256 e. The Morgan fingerprint density at radius 2 is 1.84 bits per heavy atom. The van der Waals surface area contributed by atoms with Gasteiger partial charge in [0.1, 0.15) is 5.82 Å². The molecule has 1 aliphatic heterocycles. The Labute approximate surface area is 182 Å². The van der Waals surface area contributed by atoms with Crippen LogP contribution in [0.3, 0.4) is 0 Å². The lowest BCUT2D eigenvalue weighted by Crippen LogP contribution is -2.49. The number of carbonyl (C=O) groups excluding carboxylic acids is 2. The smallest absolute Gasteiger partial charge is 0.256 e. The highest BCUT2D eigenvalue weighted by atomic mass is 32.2. The largest absolute Gasteiger partial charge is 0.340 e. The average molecular weight is 446 g/mol. The van der Waals surface area contributed by atoms with Crippen LogP contribution in [0, 0.1) is 5.92 Å². The van der Waals surface area contributed by atoms with Crippen LogP contribution < -0.4 is 5.32 Å². The molecule has 1 aliphatic carbocycles. The van der Waals surface area contributed by atoms with Crippen molar-refractivity contribution in [3.8, 4) is 0 Å². The van der Waals surface area contributed by atoms with Crippen molar-refractivity contribution in [1.29, 1.82) is 0 Å². The SMILES string of the molecule is CC(=O)N1CCN(S(=O)(=O)c2cccc(C(=O)Nc3ccnn3[C@@H](C)C3CC3)c2)CC1. The van der Waals surface area contributed by atoms with E-state index in [9.17, 15) is 18.0 Å². The van der Waals surface area contributed by atoms with E-state index in [1.54, 1.807) is 29.3 Å². The van der Waals surface area contributed by atoms with Crippen molar-refractivity contribution in [1.82, 2.24) is 19.0 Å². The number of rotatable bonds is 6. The number of piperazine rings is 1. The first-order chi connectivity index (χ1) is 14.8. The van der Waals surface area contributed by atoms with Gasteiger partial charge >= 0.3 is 0 Å². The Morgan fingerprint density at radius 1 is 1.13 bits per heavy atom. The van der Waals surface area contributed by atoms with Crippen LogP contribution in [0.15, 0.2) is 41.4 Å². The van der Waals surface area contributed by atoms with Crippen LogP contribution >= 0.6 is 0 Å². The highest BCUT2D eigenvalue weighted by Crippen LogP contribution is 2.40. The van der Waals surface area contributed by atoms with Gasteiger partial charge in [-0.3, -0.25) is 9.59 Å². The highest BCUT2D eigenvalue weighted by Gasteiger charge is 2.31. The molecule has 0 bridgehead atoms. The molecule has 0 unspecified atom stereocenters. The number of hydrogen-bond acceptors (Lipinski definition) is 5. The molecule has 2 amide bonds. The molecule has 1 aromatic carbocycles. The number of benzene rings is 1. The van der Waals surface area contributed by atoms with E-state index in [0.29, 0.717) is 24.8 Å². The molecular formula is C21H27N5O4S. The molecule has 2 aromatic rings. The Balaban J connectivity index is 1.49. The van der Waals surface area contributed by atoms with E-state index in [1.807, 2.05) is 4.68 Å². The Bertz CT molecular complexity index is 1080. The third-order valence-corrected chi connectivity index (χ3v) is 7.91. The van der Waals surface area contributed by atoms with Crippen molar-refractivity contribution in [2.24, 2.45) is 5.92 Å². The van der Waals surface area contributed by atoms with E-state index in [-0.39, 0.29) is 41.4 Å². The first-order valence-corrected chi connectivity index (χ1v) is 11.9. The number of anilines is 1. The predicted octanol–water partition coefficient (Wildman–Crippen LogP) is 1.96. The second-order valence-corrected chi connectivity index (χ2v) is 10.1. The molecule has 2 fully saturated rings. The normalized spacial score (nSPS) is 18.6. The fourth-order valence-electron chi connectivity index (χ4n) is 3.89. The third kappa shape index (κ3) is 4.49. The van der Waals surface area contributed by atoms with Gasteiger partial charge in [0.15, 0.2) is 0 Å². The second kappa shape index (κ2) is 8.43. The molecule has 2 aliphatic rings. The minimum atomic E-state index is -3.76. The molecule has 31 heavy (non-hydrogen) atoms. The van der Waals surface area contributed by atoms with E-state index in [0.717, 1.165) is 12.8 Å². The molecule has 1 aromatic heterocycles. The lowest BCUT2D eigenvalue weighted by Gasteiger charge is -2.33. The summed E-state index contributed by atoms with van der Waals surface area (Å²) in [5.74, 6) is 0.722. The summed E-state index contributed by atoms with van der Waals surface area (Å²) in [6.07, 6.45) is 3.97. The number of hydrogen-bond donors (Lipinski definition) is 1. The number of nitrogens with zero attached hydrogens (tertiary/aromatic N) is 4. The molecule has 0 spiro atoms. The van der Waals surface area contributed by atoms with Gasteiger partial charge in [0, 0.05) is 44.7 Å². The minimum absolute atomic E-state index is 0.0639. The van der Waals surface area contributed by atoms with Gasteiger partial charge in [-0.15, -0.1) is 0 Å². The number of amides is 2. The Hall–Kier alpha value is -2.72. The molecular weight excluding hydrogens is 418 g/mol. The van der Waals surface area contributed by atoms with Crippen molar-refractivity contribution in [2.45, 2.75) is 37.6 Å². The topological polar surface area (TPSA) is 105 Å². The van der Waals surface area contributed by atoms with Gasteiger partial charge in [0.2, 0.25) is 15.9 Å². The van der Waals surface area contributed by atoms with Gasteiger partial charge in [-0.1, -0.05) is 6.07 Å². The highest BCUT2D eigenvalue weighted by molar-refractivity contribution is 7.89. The zero-order chi connectivity index (χ0) is 22.2. The average Bonchev–Trinajstić information content (AvgIpc) is 3.52. The summed E-state index contributed by atoms with van der Waals surface area (Å²) in [5.41, 5.74) is 0.260. The lowest BCUT2D eigenvalue weighted by atomic mass is 10.2. The van der Waals surface area contributed by atoms with Crippen LogP contribution in [0.25, 0.3) is 0 Å². The van der Waals surface area contributed by atoms with Crippen LogP contribution in [-0.2, 0) is 14.8 Å². The maximum atomic E-state index is 13.1. The first kappa shape index (κ1) is 21.5. The van der Waals surface area contributed by atoms with Crippen LogP contribution in [0.5, 0.6) is 0 Å². The summed E-state index contributed by atoms with van der Waals surface area (Å²) in [5, 5.41) is 7.19. The molecule has 1 N–H and O–H groups in total. The third-order valence-electron chi connectivity index (χ3n) is 6.02. The van der Waals surface area contributed by atoms with E-state index in [2.05, 4.69) is 17.3 Å². The quantitative estimate of drug-likeness (QED) is 0.732. The van der Waals surface area contributed by atoms with Gasteiger partial charge in [0.25, 0.3) is 5.91 Å². The molecule has 4 rings (SSSR count). The Morgan fingerprint density at radius 3 is 2.48 bits per heavy atom. The van der Waals surface area contributed by atoms with Crippen LogP contribution in [0.2, 0.25) is 0 Å². The minimum Gasteiger partial charge on any atom is -0.340 e. The van der Waals surface area contributed by atoms with Crippen molar-refractivity contribution in [2.75, 3.05) is 31.5 Å². The number of sulfonamides is 1. The van der Waals surface area contributed by atoms with E-state index in [1.165, 1.54) is 23.4 Å². The summed E-state index contributed by atoms with van der Waals surface area (Å²) in [6, 6.07) is 7.98. The zero-order valence-electron chi connectivity index (χ0n) is 17.7. The van der Waals surface area contributed by atoms with E-state index < -0.39 is 10.0 Å². The van der Waals surface area contributed by atoms with Gasteiger partial charge in [-0.05, 0) is 43.9 Å². The van der Waals surface area contributed by atoms with E-state index in [4.69, 9.17) is 0 Å². The van der Waals surface area contributed by atoms with Crippen molar-refractivity contribution in [3.05, 3.63) is 42.1 Å². The first-order valence-electron chi connectivity index (χ1n) is 10.5. The predicted molar refractivity (Wildman–Crippen MR) is 115 cm³/mol. The summed E-state index contributed by atoms with van der Waals surface area (Å²) in [4.78, 5) is 26.0. The van der Waals surface area contributed by atoms with Crippen LogP contribution in [0.1, 0.15) is 43.1 Å². The Kier molecular flexibility index (Phi) is 5.85. The molecule has 1 saturated heterocycles. The maximum absolute atomic E-state index is 13.1. The van der Waals surface area contributed by atoms with Crippen LogP contribution in [0.4, 0.5) is 5.82 Å². The van der Waals surface area contributed by atoms with Gasteiger partial charge in [0.05, 0.1) is 17.1 Å². The van der Waals surface area contributed by atoms with E-state index >= 15 is 0 Å². The van der Waals surface area contributed by atoms with Crippen molar-refractivity contribution < 1.29 is 18.0 Å². The molecule has 2 heterocycles. The summed E-state index contributed by atoms with van der Waals surface area (Å²) in [6.45, 7) is 4.74. The van der Waals surface area contributed by atoms with Gasteiger partial charge in [-0.25, -0.2) is 13.1 Å². The fourth-order valence-corrected chi connectivity index (χ4v) is 5.36. The van der Waals surface area contributed by atoms with Crippen LogP contribution in [-0.4, -0.2) is 65.4 Å².